The van der Waals surface area contributed by atoms with Crippen molar-refractivity contribution in [2.24, 2.45) is 18.0 Å². The number of H-pyrrole nitrogens is 2. The minimum atomic E-state index is 0. The average Bonchev–Trinajstić information content (AvgIpc) is 1.39. The maximum absolute atomic E-state index is 5.12. The monoisotopic (exact) mass is 1800 g/mol. The van der Waals surface area contributed by atoms with E-state index in [0.29, 0.717) is 0 Å². The molecule has 0 spiro atoms. The first-order valence-corrected chi connectivity index (χ1v) is 46.5. The number of thiazole rings is 1. The molecule has 11 heterocycles. The molecule has 1 saturated carbocycles. The van der Waals surface area contributed by atoms with Crippen LogP contribution in [0.1, 0.15) is 90.7 Å². The van der Waals surface area contributed by atoms with Crippen LogP contribution in [-0.2, 0) is 19.9 Å². The fourth-order valence-corrected chi connectivity index (χ4v) is 14.9. The van der Waals surface area contributed by atoms with E-state index in [-0.39, 0.29) is 14.9 Å². The highest BCUT2D eigenvalue weighted by Crippen LogP contribution is 2.31. The van der Waals surface area contributed by atoms with E-state index in [1.807, 2.05) is 244 Å². The van der Waals surface area contributed by atoms with Crippen molar-refractivity contribution in [3.63, 3.8) is 0 Å². The molecule has 2 atom stereocenters. The van der Waals surface area contributed by atoms with Crippen LogP contribution < -0.4 is 10.6 Å². The third kappa shape index (κ3) is 40.1. The van der Waals surface area contributed by atoms with Crippen LogP contribution >= 0.6 is 11.3 Å². The van der Waals surface area contributed by atoms with E-state index >= 15 is 0 Å². The number of aryl methyl sites for hydroxylation is 2. The Labute approximate surface area is 802 Å². The second-order valence-corrected chi connectivity index (χ2v) is 31.6. The van der Waals surface area contributed by atoms with Gasteiger partial charge in [0.1, 0.15) is 17.6 Å². The highest BCUT2D eigenvalue weighted by Gasteiger charge is 2.26. The van der Waals surface area contributed by atoms with Crippen LogP contribution in [0.25, 0.3) is 87.3 Å². The van der Waals surface area contributed by atoms with Crippen molar-refractivity contribution in [2.75, 3.05) is 19.6 Å². The molecule has 3 fully saturated rings. The van der Waals surface area contributed by atoms with Crippen LogP contribution in [0.2, 0.25) is 0 Å². The van der Waals surface area contributed by atoms with Gasteiger partial charge < -0.3 is 25.0 Å². The van der Waals surface area contributed by atoms with E-state index < -0.39 is 0 Å². The number of rotatable bonds is 4. The highest BCUT2D eigenvalue weighted by molar-refractivity contribution is 7.16. The van der Waals surface area contributed by atoms with Gasteiger partial charge >= 0.3 is 0 Å². The third-order valence-corrected chi connectivity index (χ3v) is 22.0. The molecule has 2 unspecified atom stereocenters. The molecule has 25 rings (SSSR count). The summed E-state index contributed by atoms with van der Waals surface area (Å²) in [5, 5.41) is 21.0. The molecule has 3 aliphatic heterocycles. The second-order valence-electron chi connectivity index (χ2n) is 30.7. The molecule has 13 aromatic carbocycles. The molecule has 21 aromatic rings. The van der Waals surface area contributed by atoms with Gasteiger partial charge in [-0.25, -0.2) is 19.9 Å². The van der Waals surface area contributed by atoms with Crippen LogP contribution in [0.15, 0.2) is 490 Å². The van der Waals surface area contributed by atoms with Gasteiger partial charge in [0.25, 0.3) is 0 Å². The van der Waals surface area contributed by atoms with Gasteiger partial charge in [0.2, 0.25) is 0 Å². The minimum Gasteiger partial charge on any atom is -0.464 e. The molecule has 4 N–H and O–H groups in total. The lowest BCUT2D eigenvalue weighted by atomic mass is 9.80. The Morgan fingerprint density at radius 1 is 0.393 bits per heavy atom. The van der Waals surface area contributed by atoms with E-state index in [1.165, 1.54) is 149 Å². The molecule has 1 aliphatic carbocycles. The first-order valence-electron chi connectivity index (χ1n) is 45.6. The Balaban J connectivity index is 0.000000163. The Morgan fingerprint density at radius 3 is 1.41 bits per heavy atom. The Hall–Kier alpha value is -15.3. The zero-order chi connectivity index (χ0) is 91.8. The third-order valence-electron chi connectivity index (χ3n) is 21.2. The Kier molecular flexibility index (Phi) is 49.4. The molecule has 686 valence electrons. The summed E-state index contributed by atoms with van der Waals surface area (Å²) in [5.41, 5.74) is 17.2. The standard InChI is InChI=1S/C14H14.C12H10.C10H8.C9H9N3.C9H17N.C9H7N.2C8H7N.C8H6O.C7H5NS.C6H6.C5H11N.C5H5N.C4H4N2.C3H4N2.2CH4/c1-2-12-8-10-14(11-9-12)13-6-4-3-5-7-13;1-3-7-11(8-4-1)12-9-5-2-6-10-12;1-2-6-10-8-4-3-7-9(10)5-1;1-12-7-9(10-11-12)8-5-3-2-4-6-8;2*1-2-6-9-8(4-1)5-3-7-10-9;3*1-2-4-8-7(3-1)5-6-9-8;1-2-4-7-6(3-1)8-5-9-7;3*1-2-4-6-5-3-1;1-2-5-4-6-3-1;1-2-5-3-4-1;;/h3-11H,2H2,1H3;1-10H;1-8H;2-7H,1H3;8-10H,1-7H2;1-7H;1-4,6H,5H2;1-6,9H;1-6H;1-5H;1-6H;6H,1-5H2;1-5H;1-4H;1-3H,(H,4,5);2*1H4. The maximum atomic E-state index is 5.12. The molecular formula is C119H128N14OS. The number of aliphatic imine (C=N–C) groups is 1. The van der Waals surface area contributed by atoms with Crippen molar-refractivity contribution in [2.45, 2.75) is 98.4 Å². The topological polar surface area (TPSA) is 189 Å². The van der Waals surface area contributed by atoms with Gasteiger partial charge in [-0.2, -0.15) is 0 Å². The SMILES string of the molecule is C.C.C1=Nc2ccccc2C1.C1CCC2NCCCC2C1.C1CCNCC1.CCc1ccc(-c2ccccc2)cc1.Cn1cc(-c2ccccc2)nn1.c1c[nH]cn1.c1ccc(-c2ccccc2)cc1.c1ccc2[nH]ccc2c1.c1ccc2ccccc2c1.c1ccc2ncccc2c1.c1ccc2occc2c1.c1ccc2scnc2c1.c1ccccc1.c1ccncc1.c1cncnc1. The van der Waals surface area contributed by atoms with Gasteiger partial charge in [0.15, 0.2) is 0 Å². The van der Waals surface area contributed by atoms with Crippen LogP contribution in [0, 0.1) is 5.92 Å². The largest absolute Gasteiger partial charge is 0.464 e. The smallest absolute Gasteiger partial charge is 0.133 e. The number of nitrogens with one attached hydrogen (secondary N) is 4. The second kappa shape index (κ2) is 64.5. The number of para-hydroxylation sites is 5. The number of aromatic amines is 2. The maximum Gasteiger partial charge on any atom is 0.133 e. The number of fused-ring (bicyclic) bond motifs is 7. The van der Waals surface area contributed by atoms with E-state index in [4.69, 9.17) is 4.42 Å². The fourth-order valence-electron chi connectivity index (χ4n) is 14.3. The molecule has 4 aliphatic rings. The number of benzene rings is 13. The van der Waals surface area contributed by atoms with Gasteiger partial charge in [0, 0.05) is 97.2 Å². The number of nitrogens with zero attached hydrogens (tertiary/aromatic N) is 10. The van der Waals surface area contributed by atoms with Crippen molar-refractivity contribution in [3.8, 4) is 33.5 Å². The average molecular weight is 1800 g/mol. The number of piperidine rings is 2. The summed E-state index contributed by atoms with van der Waals surface area (Å²) in [5.74, 6) is 1.04. The van der Waals surface area contributed by atoms with Gasteiger partial charge in [-0.3, -0.25) is 19.6 Å². The summed E-state index contributed by atoms with van der Waals surface area (Å²) >= 11 is 1.68. The van der Waals surface area contributed by atoms with Gasteiger partial charge in [-0.1, -0.05) is 374 Å². The quantitative estimate of drug-likeness (QED) is 0.131. The van der Waals surface area contributed by atoms with Crippen molar-refractivity contribution in [1.82, 2.24) is 65.5 Å². The lowest BCUT2D eigenvalue weighted by Gasteiger charge is -2.36. The summed E-state index contributed by atoms with van der Waals surface area (Å²) in [6, 6.07) is 136. The molecular weight excluding hydrogens is 1670 g/mol. The van der Waals surface area contributed by atoms with Crippen LogP contribution in [0.3, 0.4) is 0 Å². The zero-order valence-corrected chi connectivity index (χ0v) is 76.8. The highest BCUT2D eigenvalue weighted by atomic mass is 32.1. The number of hydrogen-bond acceptors (Lipinski definition) is 13. The summed E-state index contributed by atoms with van der Waals surface area (Å²) < 4.78 is 8.08. The number of pyridine rings is 2. The number of furan rings is 1. The van der Waals surface area contributed by atoms with Crippen molar-refractivity contribution in [3.05, 3.63) is 492 Å². The normalized spacial score (nSPS) is 12.7. The molecule has 0 amide bonds. The number of aromatic nitrogens is 11. The molecule has 15 nitrogen and oxygen atoms in total. The van der Waals surface area contributed by atoms with Crippen molar-refractivity contribution >= 4 is 77.0 Å². The van der Waals surface area contributed by atoms with Crippen molar-refractivity contribution in [1.29, 1.82) is 0 Å². The molecule has 0 bridgehead atoms. The minimum absolute atomic E-state index is 0. The lowest BCUT2D eigenvalue weighted by molar-refractivity contribution is 0.212. The fraction of sp³-hybridized carbons (Fsp3) is 0.168. The van der Waals surface area contributed by atoms with E-state index in [0.717, 1.165) is 63.7 Å². The van der Waals surface area contributed by atoms with E-state index in [9.17, 15) is 0 Å². The first kappa shape index (κ1) is 103. The lowest BCUT2D eigenvalue weighted by Crippen LogP contribution is -2.42. The first-order chi connectivity index (χ1) is 66.0. The van der Waals surface area contributed by atoms with Crippen LogP contribution in [0.5, 0.6) is 0 Å². The molecule has 2 saturated heterocycles. The number of imidazole rings is 1. The predicted molar refractivity (Wildman–Crippen MR) is 572 cm³/mol. The van der Waals surface area contributed by atoms with Crippen LogP contribution in [-0.4, -0.2) is 86.8 Å². The summed E-state index contributed by atoms with van der Waals surface area (Å²) in [6.45, 7) is 5.96. The van der Waals surface area contributed by atoms with Crippen molar-refractivity contribution < 1.29 is 4.42 Å². The Morgan fingerprint density at radius 2 is 0.911 bits per heavy atom. The van der Waals surface area contributed by atoms with E-state index in [1.54, 1.807) is 71.9 Å². The summed E-state index contributed by atoms with van der Waals surface area (Å²) in [4.78, 5) is 33.2. The van der Waals surface area contributed by atoms with Gasteiger partial charge in [-0.05, 0) is 193 Å². The zero-order valence-electron chi connectivity index (χ0n) is 76.0. The number of hydrogen-bond donors (Lipinski definition) is 4. The molecule has 135 heavy (non-hydrogen) atoms. The van der Waals surface area contributed by atoms with E-state index in [2.05, 4.69) is 261 Å². The molecule has 16 heteroatoms. The van der Waals surface area contributed by atoms with Gasteiger partial charge in [0.05, 0.1) is 45.7 Å². The molecule has 0 radical (unpaired) electrons. The summed E-state index contributed by atoms with van der Waals surface area (Å²) in [6.07, 6.45) is 37.9. The van der Waals surface area contributed by atoms with Gasteiger partial charge in [-0.15, -0.1) is 16.4 Å². The Bertz CT molecular complexity index is 5770. The predicted octanol–water partition coefficient (Wildman–Crippen LogP) is 30.3. The molecule has 8 aromatic heterocycles. The summed E-state index contributed by atoms with van der Waals surface area (Å²) in [7, 11) is 1.86. The van der Waals surface area contributed by atoms with Crippen LogP contribution in [0.4, 0.5) is 5.69 Å².